The maximum atomic E-state index is 11.9. The lowest BCUT2D eigenvalue weighted by Crippen LogP contribution is -2.22. The lowest BCUT2D eigenvalue weighted by molar-refractivity contribution is -0.146. The Morgan fingerprint density at radius 2 is 1.78 bits per heavy atom. The number of anilines is 1. The van der Waals surface area contributed by atoms with Gasteiger partial charge in [-0.1, -0.05) is 47.5 Å². The molecule has 0 saturated carbocycles. The minimum absolute atomic E-state index is 0.0789. The van der Waals surface area contributed by atoms with Gasteiger partial charge in [0, 0.05) is 5.02 Å². The van der Waals surface area contributed by atoms with Gasteiger partial charge in [0.15, 0.2) is 6.61 Å². The molecule has 0 radical (unpaired) electrons. The predicted octanol–water partition coefficient (Wildman–Crippen LogP) is 4.03. The van der Waals surface area contributed by atoms with Crippen molar-refractivity contribution in [2.75, 3.05) is 11.9 Å². The summed E-state index contributed by atoms with van der Waals surface area (Å²) in [7, 11) is 0. The molecule has 0 bridgehead atoms. The summed E-state index contributed by atoms with van der Waals surface area (Å²) in [5, 5.41) is 3.67. The molecule has 2 rings (SSSR count). The highest BCUT2D eigenvalue weighted by Crippen LogP contribution is 2.25. The van der Waals surface area contributed by atoms with Crippen LogP contribution in [0.2, 0.25) is 10.0 Å². The Bertz CT molecular complexity index is 694. The van der Waals surface area contributed by atoms with E-state index in [1.807, 2.05) is 13.0 Å². The number of benzene rings is 2. The van der Waals surface area contributed by atoms with Crippen molar-refractivity contribution in [2.45, 2.75) is 13.3 Å². The number of ether oxygens (including phenoxy) is 1. The molecule has 0 fully saturated rings. The second kappa shape index (κ2) is 7.99. The number of hydrogen-bond acceptors (Lipinski definition) is 3. The number of carbonyl (C=O) groups excluding carboxylic acids is 2. The largest absolute Gasteiger partial charge is 0.455 e. The van der Waals surface area contributed by atoms with Crippen molar-refractivity contribution in [3.63, 3.8) is 0 Å². The van der Waals surface area contributed by atoms with Crippen molar-refractivity contribution in [3.05, 3.63) is 63.6 Å². The molecule has 0 aliphatic carbocycles. The Morgan fingerprint density at radius 3 is 2.43 bits per heavy atom. The zero-order chi connectivity index (χ0) is 16.8. The third-order valence-corrected chi connectivity index (χ3v) is 3.68. The Balaban J connectivity index is 1.84. The quantitative estimate of drug-likeness (QED) is 0.827. The number of aryl methyl sites for hydroxylation is 1. The molecular weight excluding hydrogens is 337 g/mol. The van der Waals surface area contributed by atoms with Crippen molar-refractivity contribution >= 4 is 40.8 Å². The molecule has 2 aromatic carbocycles. The van der Waals surface area contributed by atoms with Gasteiger partial charge in [0.2, 0.25) is 0 Å². The summed E-state index contributed by atoms with van der Waals surface area (Å²) >= 11 is 11.8. The van der Waals surface area contributed by atoms with E-state index in [0.717, 1.165) is 11.1 Å². The maximum absolute atomic E-state index is 11.9. The van der Waals surface area contributed by atoms with E-state index in [4.69, 9.17) is 27.9 Å². The Hall–Kier alpha value is -2.04. The van der Waals surface area contributed by atoms with Crippen LogP contribution >= 0.6 is 23.2 Å². The standard InChI is InChI=1S/C17H15Cl2NO3/c1-11-3-2-4-14(19)17(11)20-15(21)10-23-16(22)9-12-5-7-13(18)8-6-12/h2-8H,9-10H2,1H3,(H,20,21). The molecule has 0 spiro atoms. The highest BCUT2D eigenvalue weighted by atomic mass is 35.5. The Labute approximate surface area is 144 Å². The fraction of sp³-hybridized carbons (Fsp3) is 0.176. The number of rotatable bonds is 5. The van der Waals surface area contributed by atoms with Crippen LogP contribution in [0.5, 0.6) is 0 Å². The monoisotopic (exact) mass is 351 g/mol. The van der Waals surface area contributed by atoms with E-state index >= 15 is 0 Å². The minimum Gasteiger partial charge on any atom is -0.455 e. The molecule has 0 aliphatic heterocycles. The zero-order valence-electron chi connectivity index (χ0n) is 12.4. The van der Waals surface area contributed by atoms with E-state index in [-0.39, 0.29) is 13.0 Å². The number of amides is 1. The van der Waals surface area contributed by atoms with Gasteiger partial charge in [0.25, 0.3) is 5.91 Å². The lowest BCUT2D eigenvalue weighted by atomic mass is 10.1. The van der Waals surface area contributed by atoms with Gasteiger partial charge in [-0.05, 0) is 36.2 Å². The highest BCUT2D eigenvalue weighted by Gasteiger charge is 2.11. The molecule has 0 heterocycles. The van der Waals surface area contributed by atoms with E-state index in [0.29, 0.717) is 15.7 Å². The highest BCUT2D eigenvalue weighted by molar-refractivity contribution is 6.34. The summed E-state index contributed by atoms with van der Waals surface area (Å²) in [5.41, 5.74) is 2.12. The summed E-state index contributed by atoms with van der Waals surface area (Å²) in [5.74, 6) is -0.927. The van der Waals surface area contributed by atoms with Crippen LogP contribution < -0.4 is 5.32 Å². The number of halogens is 2. The summed E-state index contributed by atoms with van der Waals surface area (Å²) in [6.45, 7) is 1.46. The van der Waals surface area contributed by atoms with E-state index in [9.17, 15) is 9.59 Å². The van der Waals surface area contributed by atoms with Crippen molar-refractivity contribution in [1.82, 2.24) is 0 Å². The number of carbonyl (C=O) groups is 2. The number of esters is 1. The van der Waals surface area contributed by atoms with Crippen LogP contribution in [0.25, 0.3) is 0 Å². The molecule has 1 N–H and O–H groups in total. The van der Waals surface area contributed by atoms with Gasteiger partial charge in [0.05, 0.1) is 17.1 Å². The van der Waals surface area contributed by atoms with Crippen LogP contribution in [0.1, 0.15) is 11.1 Å². The Morgan fingerprint density at radius 1 is 1.09 bits per heavy atom. The first-order valence-electron chi connectivity index (χ1n) is 6.91. The third-order valence-electron chi connectivity index (χ3n) is 3.11. The van der Waals surface area contributed by atoms with E-state index in [1.165, 1.54) is 0 Å². The van der Waals surface area contributed by atoms with Gasteiger partial charge in [-0.25, -0.2) is 0 Å². The predicted molar refractivity (Wildman–Crippen MR) is 90.9 cm³/mol. The minimum atomic E-state index is -0.488. The van der Waals surface area contributed by atoms with Crippen molar-refractivity contribution in [3.8, 4) is 0 Å². The van der Waals surface area contributed by atoms with Crippen LogP contribution in [-0.2, 0) is 20.7 Å². The van der Waals surface area contributed by atoms with Crippen LogP contribution in [-0.4, -0.2) is 18.5 Å². The molecule has 0 saturated heterocycles. The molecule has 4 nitrogen and oxygen atoms in total. The van der Waals surface area contributed by atoms with E-state index in [1.54, 1.807) is 36.4 Å². The van der Waals surface area contributed by atoms with Crippen LogP contribution in [0, 0.1) is 6.92 Å². The van der Waals surface area contributed by atoms with Gasteiger partial charge in [0.1, 0.15) is 0 Å². The van der Waals surface area contributed by atoms with Crippen LogP contribution in [0.4, 0.5) is 5.69 Å². The Kier molecular flexibility index (Phi) is 6.02. The first-order chi connectivity index (χ1) is 11.0. The average molecular weight is 352 g/mol. The maximum Gasteiger partial charge on any atom is 0.310 e. The molecule has 0 aliphatic rings. The second-order valence-electron chi connectivity index (χ2n) is 4.94. The van der Waals surface area contributed by atoms with Gasteiger partial charge >= 0.3 is 5.97 Å². The van der Waals surface area contributed by atoms with Crippen molar-refractivity contribution in [1.29, 1.82) is 0 Å². The van der Waals surface area contributed by atoms with Gasteiger partial charge in [-0.2, -0.15) is 0 Å². The number of hydrogen-bond donors (Lipinski definition) is 1. The smallest absolute Gasteiger partial charge is 0.310 e. The number of para-hydroxylation sites is 1. The van der Waals surface area contributed by atoms with Crippen molar-refractivity contribution < 1.29 is 14.3 Å². The first kappa shape index (κ1) is 17.3. The van der Waals surface area contributed by atoms with Crippen molar-refractivity contribution in [2.24, 2.45) is 0 Å². The summed E-state index contributed by atoms with van der Waals surface area (Å²) < 4.78 is 4.96. The number of nitrogens with one attached hydrogen (secondary N) is 1. The third kappa shape index (κ3) is 5.27. The second-order valence-corrected chi connectivity index (χ2v) is 5.79. The fourth-order valence-electron chi connectivity index (χ4n) is 1.93. The van der Waals surface area contributed by atoms with E-state index < -0.39 is 11.9 Å². The molecule has 120 valence electrons. The lowest BCUT2D eigenvalue weighted by Gasteiger charge is -2.10. The average Bonchev–Trinajstić information content (AvgIpc) is 2.51. The molecule has 6 heteroatoms. The molecule has 0 atom stereocenters. The topological polar surface area (TPSA) is 55.4 Å². The molecule has 0 aromatic heterocycles. The van der Waals surface area contributed by atoms with Gasteiger partial charge in [-0.3, -0.25) is 9.59 Å². The summed E-state index contributed by atoms with van der Waals surface area (Å²) in [6.07, 6.45) is 0.0789. The molecule has 1 amide bonds. The summed E-state index contributed by atoms with van der Waals surface area (Å²) in [6, 6.07) is 12.1. The SMILES string of the molecule is Cc1cccc(Cl)c1NC(=O)COC(=O)Cc1ccc(Cl)cc1. The van der Waals surface area contributed by atoms with Gasteiger partial charge < -0.3 is 10.1 Å². The first-order valence-corrected chi connectivity index (χ1v) is 7.66. The molecular formula is C17H15Cl2NO3. The molecule has 0 unspecified atom stereocenters. The normalized spacial score (nSPS) is 10.2. The fourth-order valence-corrected chi connectivity index (χ4v) is 2.33. The van der Waals surface area contributed by atoms with Crippen LogP contribution in [0.15, 0.2) is 42.5 Å². The summed E-state index contributed by atoms with van der Waals surface area (Å²) in [4.78, 5) is 23.6. The van der Waals surface area contributed by atoms with E-state index in [2.05, 4.69) is 5.32 Å². The molecule has 23 heavy (non-hydrogen) atoms. The zero-order valence-corrected chi connectivity index (χ0v) is 13.9. The van der Waals surface area contributed by atoms with Gasteiger partial charge in [-0.15, -0.1) is 0 Å². The van der Waals surface area contributed by atoms with Crippen LogP contribution in [0.3, 0.4) is 0 Å². The molecule has 2 aromatic rings.